The first kappa shape index (κ1) is 33.2. The van der Waals surface area contributed by atoms with E-state index in [4.69, 9.17) is 4.98 Å². The van der Waals surface area contributed by atoms with E-state index in [1.54, 1.807) is 0 Å². The molecule has 0 amide bonds. The van der Waals surface area contributed by atoms with Crippen LogP contribution in [0.2, 0.25) is 0 Å². The van der Waals surface area contributed by atoms with E-state index in [2.05, 4.69) is 76.6 Å². The van der Waals surface area contributed by atoms with Gasteiger partial charge in [0.05, 0.1) is 16.7 Å². The molecule has 0 bridgehead atoms. The summed E-state index contributed by atoms with van der Waals surface area (Å²) < 4.78 is 29.2. The van der Waals surface area contributed by atoms with Crippen molar-refractivity contribution >= 4 is 28.5 Å². The fourth-order valence-corrected chi connectivity index (χ4v) is 5.23. The molecule has 1 aliphatic heterocycles. The van der Waals surface area contributed by atoms with Gasteiger partial charge in [0.25, 0.3) is 5.92 Å². The van der Waals surface area contributed by atoms with Crippen LogP contribution in [0.4, 0.5) is 8.78 Å². The van der Waals surface area contributed by atoms with Gasteiger partial charge in [0.15, 0.2) is 0 Å². The summed E-state index contributed by atoms with van der Waals surface area (Å²) in [4.78, 5) is 7.22. The van der Waals surface area contributed by atoms with E-state index in [1.165, 1.54) is 5.56 Å². The highest BCUT2D eigenvalue weighted by atomic mass is 19.3. The summed E-state index contributed by atoms with van der Waals surface area (Å²) in [5.41, 5.74) is 9.11. The Morgan fingerprint density at radius 3 is 2.67 bits per heavy atom. The second kappa shape index (κ2) is 16.4. The maximum absolute atomic E-state index is 13.5. The second-order valence-corrected chi connectivity index (χ2v) is 11.2. The second-order valence-electron chi connectivity index (χ2n) is 11.2. The van der Waals surface area contributed by atoms with Gasteiger partial charge in [0, 0.05) is 51.3 Å². The first-order valence-corrected chi connectivity index (χ1v) is 15.5. The lowest BCUT2D eigenvalue weighted by Gasteiger charge is -2.31. The van der Waals surface area contributed by atoms with Crippen molar-refractivity contribution in [1.82, 2.24) is 25.2 Å². The van der Waals surface area contributed by atoms with Crippen molar-refractivity contribution in [1.29, 1.82) is 0 Å². The third kappa shape index (κ3) is 9.65. The van der Waals surface area contributed by atoms with Crippen molar-refractivity contribution in [2.75, 3.05) is 32.7 Å². The number of nitrogens with one attached hydrogen (secondary N) is 2. The van der Waals surface area contributed by atoms with Crippen LogP contribution in [0.3, 0.4) is 0 Å². The zero-order chi connectivity index (χ0) is 30.5. The SMILES string of the molecule is C=CCCC(C)c1cc(C(=C)NCCCN2CCC(F)(F)CC2)cc2nc(/C=C/C(C)=N\NCC)n(C/C=C/CC)c12. The molecule has 1 aromatic carbocycles. The molecule has 2 N–H and O–H groups in total. The summed E-state index contributed by atoms with van der Waals surface area (Å²) in [7, 11) is 0. The van der Waals surface area contributed by atoms with Crippen LogP contribution in [0.1, 0.15) is 89.1 Å². The molecular formula is C34H50F2N6. The Kier molecular flexibility index (Phi) is 13.0. The first-order chi connectivity index (χ1) is 20.2. The number of allylic oxidation sites excluding steroid dienone is 4. The summed E-state index contributed by atoms with van der Waals surface area (Å²) in [6.07, 6.45) is 14.1. The molecule has 1 saturated heterocycles. The number of piperidine rings is 1. The van der Waals surface area contributed by atoms with E-state index in [9.17, 15) is 8.78 Å². The Balaban J connectivity index is 1.88. The van der Waals surface area contributed by atoms with Gasteiger partial charge in [0.1, 0.15) is 5.82 Å². The zero-order valence-corrected chi connectivity index (χ0v) is 26.1. The minimum Gasteiger partial charge on any atom is -0.385 e. The molecule has 0 saturated carbocycles. The van der Waals surface area contributed by atoms with E-state index in [-0.39, 0.29) is 12.8 Å². The monoisotopic (exact) mass is 580 g/mol. The Hall–Kier alpha value is -3.26. The number of nitrogens with zero attached hydrogens (tertiary/aromatic N) is 4. The normalized spacial score (nSPS) is 16.9. The number of hydrogen-bond acceptors (Lipinski definition) is 5. The van der Waals surface area contributed by atoms with Crippen LogP contribution in [0.5, 0.6) is 0 Å². The van der Waals surface area contributed by atoms with Crippen LogP contribution < -0.4 is 10.7 Å². The first-order valence-electron chi connectivity index (χ1n) is 15.5. The number of hydrogen-bond donors (Lipinski definition) is 2. The molecule has 0 aliphatic carbocycles. The number of imidazole rings is 1. The molecule has 8 heteroatoms. The van der Waals surface area contributed by atoms with Gasteiger partial charge in [-0.1, -0.05) is 38.7 Å². The third-order valence-electron chi connectivity index (χ3n) is 7.74. The molecule has 1 atom stereocenters. The van der Waals surface area contributed by atoms with Gasteiger partial charge in [-0.15, -0.1) is 6.58 Å². The van der Waals surface area contributed by atoms with Crippen LogP contribution in [0, 0.1) is 0 Å². The van der Waals surface area contributed by atoms with E-state index < -0.39 is 5.92 Å². The summed E-state index contributed by atoms with van der Waals surface area (Å²) >= 11 is 0. The Labute approximate surface area is 251 Å². The average molecular weight is 581 g/mol. The van der Waals surface area contributed by atoms with Gasteiger partial charge in [-0.2, -0.15) is 5.10 Å². The average Bonchev–Trinajstić information content (AvgIpc) is 3.33. The van der Waals surface area contributed by atoms with Crippen LogP contribution in [-0.4, -0.2) is 58.8 Å². The number of alkyl halides is 2. The maximum atomic E-state index is 13.5. The predicted molar refractivity (Wildman–Crippen MR) is 175 cm³/mol. The zero-order valence-electron chi connectivity index (χ0n) is 26.1. The molecule has 2 heterocycles. The summed E-state index contributed by atoms with van der Waals surface area (Å²) in [6, 6.07) is 4.38. The fraction of sp³-hybridized carbons (Fsp3) is 0.529. The number of benzene rings is 1. The highest BCUT2D eigenvalue weighted by molar-refractivity contribution is 5.96. The maximum Gasteiger partial charge on any atom is 0.250 e. The summed E-state index contributed by atoms with van der Waals surface area (Å²) in [6.45, 7) is 20.7. The molecule has 6 nitrogen and oxygen atoms in total. The highest BCUT2D eigenvalue weighted by Crippen LogP contribution is 2.33. The quantitative estimate of drug-likeness (QED) is 0.0869. The standard InChI is InChI=1S/C34H50F2N6/c1-7-10-12-21-42-32(16-15-27(5)40-38-9-3)39-31-25-29(24-30(33(31)42)26(4)14-11-8-2)28(6)37-19-13-20-41-22-17-34(35,36)18-23-41/h8,10,12,15-16,24-26,37-38H,2,6-7,9,11,13-14,17-23H2,1,3-5H3/b12-10+,16-15+,40-27-. The molecule has 2 aromatic rings. The summed E-state index contributed by atoms with van der Waals surface area (Å²) in [5.74, 6) is -1.32. The smallest absolute Gasteiger partial charge is 0.250 e. The minimum atomic E-state index is -2.50. The molecule has 1 fully saturated rings. The molecule has 0 radical (unpaired) electrons. The number of rotatable bonds is 17. The molecule has 3 rings (SSSR count). The van der Waals surface area contributed by atoms with Crippen molar-refractivity contribution < 1.29 is 8.78 Å². The molecule has 0 spiro atoms. The minimum absolute atomic E-state index is 0.0416. The molecular weight excluding hydrogens is 530 g/mol. The van der Waals surface area contributed by atoms with Gasteiger partial charge >= 0.3 is 0 Å². The number of fused-ring (bicyclic) bond motifs is 1. The predicted octanol–water partition coefficient (Wildman–Crippen LogP) is 7.75. The van der Waals surface area contributed by atoms with Crippen LogP contribution in [0.25, 0.3) is 22.8 Å². The lowest BCUT2D eigenvalue weighted by Crippen LogP contribution is -2.40. The van der Waals surface area contributed by atoms with Crippen LogP contribution in [0.15, 0.2) is 54.7 Å². The molecule has 230 valence electrons. The van der Waals surface area contributed by atoms with Crippen LogP contribution >= 0.6 is 0 Å². The van der Waals surface area contributed by atoms with Crippen molar-refractivity contribution in [2.24, 2.45) is 5.10 Å². The number of aromatic nitrogens is 2. The van der Waals surface area contributed by atoms with Crippen molar-refractivity contribution in [3.63, 3.8) is 0 Å². The molecule has 1 unspecified atom stereocenters. The van der Waals surface area contributed by atoms with Gasteiger partial charge in [-0.05, 0) is 87.4 Å². The van der Waals surface area contributed by atoms with E-state index in [1.807, 2.05) is 32.1 Å². The Morgan fingerprint density at radius 2 is 1.98 bits per heavy atom. The largest absolute Gasteiger partial charge is 0.385 e. The molecule has 1 aliphatic rings. The Morgan fingerprint density at radius 1 is 1.21 bits per heavy atom. The van der Waals surface area contributed by atoms with Crippen molar-refractivity contribution in [3.8, 4) is 0 Å². The lowest BCUT2D eigenvalue weighted by atomic mass is 9.92. The number of hydrazone groups is 1. The van der Waals surface area contributed by atoms with E-state index in [0.29, 0.717) is 19.0 Å². The number of halogens is 2. The van der Waals surface area contributed by atoms with Gasteiger partial charge in [-0.3, -0.25) is 0 Å². The fourth-order valence-electron chi connectivity index (χ4n) is 5.23. The van der Waals surface area contributed by atoms with Gasteiger partial charge in [0.2, 0.25) is 0 Å². The topological polar surface area (TPSA) is 57.5 Å². The van der Waals surface area contributed by atoms with E-state index >= 15 is 0 Å². The lowest BCUT2D eigenvalue weighted by molar-refractivity contribution is -0.0550. The third-order valence-corrected chi connectivity index (χ3v) is 7.74. The van der Waals surface area contributed by atoms with Gasteiger partial charge in [-0.25, -0.2) is 13.8 Å². The summed E-state index contributed by atoms with van der Waals surface area (Å²) in [5, 5.41) is 7.85. The number of likely N-dealkylation sites (tertiary alicyclic amines) is 1. The van der Waals surface area contributed by atoms with Gasteiger partial charge < -0.3 is 20.2 Å². The van der Waals surface area contributed by atoms with E-state index in [0.717, 1.165) is 85.7 Å². The van der Waals surface area contributed by atoms with Crippen molar-refractivity contribution in [3.05, 3.63) is 66.5 Å². The Bertz CT molecular complexity index is 1260. The molecule has 1 aromatic heterocycles. The van der Waals surface area contributed by atoms with Crippen molar-refractivity contribution in [2.45, 2.75) is 84.6 Å². The highest BCUT2D eigenvalue weighted by Gasteiger charge is 2.33. The molecule has 42 heavy (non-hydrogen) atoms. The van der Waals surface area contributed by atoms with Crippen LogP contribution in [-0.2, 0) is 6.54 Å².